The summed E-state index contributed by atoms with van der Waals surface area (Å²) in [4.78, 5) is 25.1. The van der Waals surface area contributed by atoms with E-state index in [9.17, 15) is 22.8 Å². The number of hydrogen-bond acceptors (Lipinski definition) is 5. The number of nitrogens with two attached hydrogens (primary N) is 1. The highest BCUT2D eigenvalue weighted by atomic mass is 19.4. The molecule has 0 aliphatic rings. The Bertz CT molecular complexity index is 662. The molecule has 1 aromatic heterocycles. The van der Waals surface area contributed by atoms with Gasteiger partial charge in [0.25, 0.3) is 5.91 Å². The molecule has 0 saturated carbocycles. The molecule has 0 saturated heterocycles. The number of Topliss-reactive ketones (excluding diaryl/α,β-unsaturated/α-hetero) is 1. The maximum absolute atomic E-state index is 12.3. The molecule has 2 aromatic rings. The number of primary amides is 1. The van der Waals surface area contributed by atoms with Gasteiger partial charge in [-0.3, -0.25) is 9.59 Å². The average molecular weight is 285 g/mol. The number of amides is 1. The van der Waals surface area contributed by atoms with Gasteiger partial charge in [-0.15, -0.1) is 0 Å². The zero-order valence-corrected chi connectivity index (χ0v) is 9.64. The van der Waals surface area contributed by atoms with Crippen molar-refractivity contribution in [2.75, 3.05) is 0 Å². The number of rotatable bonds is 3. The summed E-state index contributed by atoms with van der Waals surface area (Å²) in [6.07, 6.45) is -4.73. The molecule has 6 nitrogen and oxygen atoms in total. The van der Waals surface area contributed by atoms with Crippen LogP contribution in [0.3, 0.4) is 0 Å². The second-order valence-electron chi connectivity index (χ2n) is 3.69. The first-order valence-electron chi connectivity index (χ1n) is 5.14. The Labute approximate surface area is 109 Å². The van der Waals surface area contributed by atoms with Crippen molar-refractivity contribution >= 4 is 11.7 Å². The topological polar surface area (TPSA) is 99.1 Å². The van der Waals surface area contributed by atoms with Crippen LogP contribution in [0.4, 0.5) is 13.2 Å². The molecule has 20 heavy (non-hydrogen) atoms. The number of alkyl halides is 3. The second kappa shape index (κ2) is 4.76. The molecule has 0 aliphatic carbocycles. The third-order valence-corrected chi connectivity index (χ3v) is 2.30. The van der Waals surface area contributed by atoms with Crippen molar-refractivity contribution < 1.29 is 27.3 Å². The predicted octanol–water partition coefficient (Wildman–Crippen LogP) is 1.42. The van der Waals surface area contributed by atoms with Crippen molar-refractivity contribution in [1.29, 1.82) is 0 Å². The van der Waals surface area contributed by atoms with Gasteiger partial charge in [-0.2, -0.15) is 18.2 Å². The van der Waals surface area contributed by atoms with Gasteiger partial charge in [0.1, 0.15) is 0 Å². The number of nitrogens with zero attached hydrogens (tertiary/aromatic N) is 2. The minimum absolute atomic E-state index is 0.0146. The molecule has 0 radical (unpaired) electrons. The summed E-state index contributed by atoms with van der Waals surface area (Å²) in [6.45, 7) is 0. The number of hydrogen-bond donors (Lipinski definition) is 1. The molecule has 1 amide bonds. The van der Waals surface area contributed by atoms with E-state index in [-0.39, 0.29) is 17.0 Å². The van der Waals surface area contributed by atoms with Gasteiger partial charge in [0, 0.05) is 11.1 Å². The summed E-state index contributed by atoms with van der Waals surface area (Å²) in [7, 11) is 0. The van der Waals surface area contributed by atoms with Crippen molar-refractivity contribution in [3.63, 3.8) is 0 Å². The molecule has 2 rings (SSSR count). The van der Waals surface area contributed by atoms with E-state index >= 15 is 0 Å². The van der Waals surface area contributed by atoms with Crippen molar-refractivity contribution in [2.45, 2.75) is 6.18 Å². The number of halogens is 3. The lowest BCUT2D eigenvalue weighted by molar-refractivity contribution is -0.159. The van der Waals surface area contributed by atoms with Crippen molar-refractivity contribution in [3.05, 3.63) is 35.7 Å². The van der Waals surface area contributed by atoms with E-state index in [1.54, 1.807) is 0 Å². The minimum atomic E-state index is -4.73. The molecule has 9 heteroatoms. The van der Waals surface area contributed by atoms with Gasteiger partial charge >= 0.3 is 12.1 Å². The molecule has 0 unspecified atom stereocenters. The van der Waals surface area contributed by atoms with Gasteiger partial charge in [0.15, 0.2) is 0 Å². The molecule has 0 atom stereocenters. The molecule has 1 aromatic carbocycles. The van der Waals surface area contributed by atoms with E-state index < -0.39 is 23.8 Å². The quantitative estimate of drug-likeness (QED) is 0.679. The zero-order valence-electron chi connectivity index (χ0n) is 9.64. The highest BCUT2D eigenvalue weighted by Crippen LogP contribution is 2.29. The number of carbonyl (C=O) groups excluding carboxylic acids is 2. The highest BCUT2D eigenvalue weighted by molar-refractivity contribution is 6.42. The first kappa shape index (κ1) is 13.7. The van der Waals surface area contributed by atoms with Crippen LogP contribution in [-0.2, 0) is 11.0 Å². The van der Waals surface area contributed by atoms with E-state index in [1.165, 1.54) is 24.3 Å². The van der Waals surface area contributed by atoms with Crippen molar-refractivity contribution in [2.24, 2.45) is 5.73 Å². The normalized spacial score (nSPS) is 11.3. The molecular formula is C11H6F3N3O3. The van der Waals surface area contributed by atoms with Crippen LogP contribution in [0, 0.1) is 0 Å². The second-order valence-corrected chi connectivity index (χ2v) is 3.69. The van der Waals surface area contributed by atoms with Gasteiger partial charge in [-0.25, -0.2) is 0 Å². The molecule has 0 fully saturated rings. The smallest absolute Gasteiger partial charge is 0.363 e. The van der Waals surface area contributed by atoms with E-state index in [2.05, 4.69) is 14.7 Å². The van der Waals surface area contributed by atoms with E-state index in [4.69, 9.17) is 5.73 Å². The fourth-order valence-corrected chi connectivity index (χ4v) is 1.37. The van der Waals surface area contributed by atoms with Gasteiger partial charge in [0.2, 0.25) is 11.6 Å². The zero-order chi connectivity index (χ0) is 14.9. The standard InChI is InChI=1S/C11H6F3N3O3/c12-11(13,14)10-16-9(17-20-10)6-3-1-5(2-4-6)7(18)8(15)19/h1-4H,(H2,15,19). The molecule has 104 valence electrons. The largest absolute Gasteiger partial charge is 0.471 e. The van der Waals surface area contributed by atoms with E-state index in [0.29, 0.717) is 0 Å². The summed E-state index contributed by atoms with van der Waals surface area (Å²) in [5, 5.41) is 3.18. The Morgan fingerprint density at radius 1 is 1.15 bits per heavy atom. The van der Waals surface area contributed by atoms with Crippen molar-refractivity contribution in [3.8, 4) is 11.4 Å². The first-order valence-corrected chi connectivity index (χ1v) is 5.14. The Kier molecular flexibility index (Phi) is 3.26. The SMILES string of the molecule is NC(=O)C(=O)c1ccc(-c2noc(C(F)(F)F)n2)cc1. The van der Waals surface area contributed by atoms with Gasteiger partial charge < -0.3 is 10.3 Å². The van der Waals surface area contributed by atoms with Crippen LogP contribution in [0.2, 0.25) is 0 Å². The third-order valence-electron chi connectivity index (χ3n) is 2.30. The summed E-state index contributed by atoms with van der Waals surface area (Å²) in [6, 6.07) is 5.01. The van der Waals surface area contributed by atoms with Crippen LogP contribution in [0.1, 0.15) is 16.2 Å². The fraction of sp³-hybridized carbons (Fsp3) is 0.0909. The van der Waals surface area contributed by atoms with E-state index in [0.717, 1.165) is 0 Å². The van der Waals surface area contributed by atoms with Crippen LogP contribution in [0.5, 0.6) is 0 Å². The third kappa shape index (κ3) is 2.66. The Balaban J connectivity index is 2.29. The highest BCUT2D eigenvalue weighted by Gasteiger charge is 2.38. The number of carbonyl (C=O) groups is 2. The molecule has 0 spiro atoms. The lowest BCUT2D eigenvalue weighted by Crippen LogP contribution is -2.22. The van der Waals surface area contributed by atoms with Crippen LogP contribution >= 0.6 is 0 Å². The van der Waals surface area contributed by atoms with Gasteiger partial charge in [0.05, 0.1) is 0 Å². The predicted molar refractivity (Wildman–Crippen MR) is 58.3 cm³/mol. The summed E-state index contributed by atoms with van der Waals surface area (Å²) >= 11 is 0. The number of benzene rings is 1. The maximum atomic E-state index is 12.3. The summed E-state index contributed by atoms with van der Waals surface area (Å²) in [5.41, 5.74) is 5.03. The minimum Gasteiger partial charge on any atom is -0.363 e. The Morgan fingerprint density at radius 2 is 1.75 bits per heavy atom. The number of ketones is 1. The molecule has 0 aliphatic heterocycles. The Hall–Kier alpha value is -2.71. The maximum Gasteiger partial charge on any atom is 0.471 e. The fourth-order valence-electron chi connectivity index (χ4n) is 1.37. The molecular weight excluding hydrogens is 279 g/mol. The molecule has 1 heterocycles. The number of aromatic nitrogens is 2. The monoisotopic (exact) mass is 285 g/mol. The van der Waals surface area contributed by atoms with Crippen LogP contribution in [0.25, 0.3) is 11.4 Å². The van der Waals surface area contributed by atoms with Crippen LogP contribution < -0.4 is 5.73 Å². The lowest BCUT2D eigenvalue weighted by Gasteiger charge is -1.98. The van der Waals surface area contributed by atoms with E-state index in [1.807, 2.05) is 0 Å². The van der Waals surface area contributed by atoms with Crippen molar-refractivity contribution in [1.82, 2.24) is 10.1 Å². The average Bonchev–Trinajstić information content (AvgIpc) is 2.87. The van der Waals surface area contributed by atoms with Crippen LogP contribution in [-0.4, -0.2) is 21.8 Å². The van der Waals surface area contributed by atoms with Crippen LogP contribution in [0.15, 0.2) is 28.8 Å². The summed E-state index contributed by atoms with van der Waals surface area (Å²) in [5.74, 6) is -3.78. The first-order chi connectivity index (χ1) is 9.29. The summed E-state index contributed by atoms with van der Waals surface area (Å²) < 4.78 is 40.9. The molecule has 2 N–H and O–H groups in total. The molecule has 0 bridgehead atoms. The van der Waals surface area contributed by atoms with Gasteiger partial charge in [-0.1, -0.05) is 29.4 Å². The lowest BCUT2D eigenvalue weighted by atomic mass is 10.1. The Morgan fingerprint density at radius 3 is 2.20 bits per heavy atom. The van der Waals surface area contributed by atoms with Gasteiger partial charge in [-0.05, 0) is 0 Å².